The number of carbonyl (C=O) groups excluding carboxylic acids is 2. The minimum absolute atomic E-state index is 0.171. The first-order valence-electron chi connectivity index (χ1n) is 10.1. The summed E-state index contributed by atoms with van der Waals surface area (Å²) in [5.41, 5.74) is 0.763. The van der Waals surface area contributed by atoms with E-state index in [1.165, 1.54) is 40.3 Å². The number of carbonyl (C=O) groups is 2. The summed E-state index contributed by atoms with van der Waals surface area (Å²) in [7, 11) is 0. The highest BCUT2D eigenvalue weighted by Crippen LogP contribution is 2.29. The van der Waals surface area contributed by atoms with Crippen LogP contribution >= 0.6 is 0 Å². The fourth-order valence-corrected chi connectivity index (χ4v) is 3.44. The van der Waals surface area contributed by atoms with Gasteiger partial charge in [-0.15, -0.1) is 0 Å². The maximum absolute atomic E-state index is 12.8. The Labute approximate surface area is 187 Å². The number of aryl methyl sites for hydroxylation is 1. The molecule has 4 rings (SSSR count). The first-order valence-corrected chi connectivity index (χ1v) is 10.1. The second-order valence-corrected chi connectivity index (χ2v) is 7.56. The summed E-state index contributed by atoms with van der Waals surface area (Å²) in [4.78, 5) is 32.5. The predicted octanol–water partition coefficient (Wildman–Crippen LogP) is 3.77. The van der Waals surface area contributed by atoms with E-state index < -0.39 is 11.7 Å². The Morgan fingerprint density at radius 2 is 1.91 bits per heavy atom. The quantitative estimate of drug-likeness (QED) is 0.606. The standard InChI is InChI=1S/C22H20F3N5O3/c1-14-10-18(28-33-14)12-27-20(31)16-6-7-26-19(11-16)30-9-8-29(21(30)32)13-15-2-4-17(5-3-15)22(23,24)25/h2-7,10-11H,8-9,12-13H2,1H3,(H,27,31). The maximum Gasteiger partial charge on any atom is 0.416 e. The Bertz CT molecular complexity index is 1160. The number of urea groups is 1. The molecule has 33 heavy (non-hydrogen) atoms. The monoisotopic (exact) mass is 459 g/mol. The van der Waals surface area contributed by atoms with Crippen LogP contribution in [0.1, 0.15) is 32.9 Å². The van der Waals surface area contributed by atoms with Crippen LogP contribution in [0.5, 0.6) is 0 Å². The van der Waals surface area contributed by atoms with Gasteiger partial charge in [-0.2, -0.15) is 13.2 Å². The molecule has 1 aliphatic heterocycles. The number of anilines is 1. The average Bonchev–Trinajstić information content (AvgIpc) is 3.37. The van der Waals surface area contributed by atoms with Crippen molar-refractivity contribution in [3.8, 4) is 0 Å². The van der Waals surface area contributed by atoms with Crippen molar-refractivity contribution in [3.05, 3.63) is 76.8 Å². The molecule has 0 radical (unpaired) electrons. The molecule has 3 heterocycles. The second kappa shape index (κ2) is 8.93. The number of alkyl halides is 3. The lowest BCUT2D eigenvalue weighted by Crippen LogP contribution is -2.32. The van der Waals surface area contributed by atoms with Gasteiger partial charge in [0.05, 0.1) is 12.1 Å². The van der Waals surface area contributed by atoms with Gasteiger partial charge in [0, 0.05) is 37.5 Å². The van der Waals surface area contributed by atoms with Crippen molar-refractivity contribution < 1.29 is 27.3 Å². The molecule has 0 bridgehead atoms. The van der Waals surface area contributed by atoms with E-state index in [4.69, 9.17) is 4.52 Å². The van der Waals surface area contributed by atoms with Crippen molar-refractivity contribution >= 4 is 17.8 Å². The molecule has 0 unspecified atom stereocenters. The van der Waals surface area contributed by atoms with Gasteiger partial charge in [-0.3, -0.25) is 9.69 Å². The first kappa shape index (κ1) is 22.3. The number of halogens is 3. The van der Waals surface area contributed by atoms with E-state index >= 15 is 0 Å². The van der Waals surface area contributed by atoms with E-state index in [-0.39, 0.29) is 25.0 Å². The third-order valence-electron chi connectivity index (χ3n) is 5.14. The summed E-state index contributed by atoms with van der Waals surface area (Å²) in [6.45, 7) is 2.84. The van der Waals surface area contributed by atoms with Crippen LogP contribution in [0.25, 0.3) is 0 Å². The number of rotatable bonds is 6. The highest BCUT2D eigenvalue weighted by Gasteiger charge is 2.32. The number of hydrogen-bond acceptors (Lipinski definition) is 5. The molecule has 0 spiro atoms. The topological polar surface area (TPSA) is 91.6 Å². The van der Waals surface area contributed by atoms with Gasteiger partial charge in [0.15, 0.2) is 0 Å². The number of hydrogen-bond donors (Lipinski definition) is 1. The van der Waals surface area contributed by atoms with E-state index in [9.17, 15) is 22.8 Å². The normalized spacial score (nSPS) is 14.1. The zero-order chi connectivity index (χ0) is 23.6. The van der Waals surface area contributed by atoms with Gasteiger partial charge in [0.1, 0.15) is 17.3 Å². The number of nitrogens with zero attached hydrogens (tertiary/aromatic N) is 4. The van der Waals surface area contributed by atoms with Crippen LogP contribution in [0.15, 0.2) is 53.2 Å². The molecule has 8 nitrogen and oxygen atoms in total. The summed E-state index contributed by atoms with van der Waals surface area (Å²) in [5.74, 6) is 0.603. The number of benzene rings is 1. The van der Waals surface area contributed by atoms with E-state index in [0.29, 0.717) is 41.5 Å². The van der Waals surface area contributed by atoms with Crippen molar-refractivity contribution in [1.82, 2.24) is 20.4 Å². The summed E-state index contributed by atoms with van der Waals surface area (Å²) < 4.78 is 43.2. The molecule has 3 amide bonds. The third kappa shape index (κ3) is 5.13. The van der Waals surface area contributed by atoms with Crippen LogP contribution in [0.3, 0.4) is 0 Å². The van der Waals surface area contributed by atoms with Crippen molar-refractivity contribution in [3.63, 3.8) is 0 Å². The molecule has 3 aromatic rings. The van der Waals surface area contributed by atoms with E-state index in [0.717, 1.165) is 12.1 Å². The fraction of sp³-hybridized carbons (Fsp3) is 0.273. The predicted molar refractivity (Wildman–Crippen MR) is 111 cm³/mol. The number of pyridine rings is 1. The van der Waals surface area contributed by atoms with Gasteiger partial charge in [-0.05, 0) is 36.8 Å². The minimum atomic E-state index is -4.41. The van der Waals surface area contributed by atoms with Crippen LogP contribution in [0, 0.1) is 6.92 Å². The van der Waals surface area contributed by atoms with Gasteiger partial charge in [0.2, 0.25) is 0 Å². The zero-order valence-corrected chi connectivity index (χ0v) is 17.6. The third-order valence-corrected chi connectivity index (χ3v) is 5.14. The van der Waals surface area contributed by atoms with E-state index in [2.05, 4.69) is 15.5 Å². The lowest BCUT2D eigenvalue weighted by atomic mass is 10.1. The molecule has 0 aliphatic carbocycles. The molecular weight excluding hydrogens is 439 g/mol. The van der Waals surface area contributed by atoms with Crippen molar-refractivity contribution in [1.29, 1.82) is 0 Å². The van der Waals surface area contributed by atoms with Gasteiger partial charge in [-0.25, -0.2) is 9.78 Å². The molecule has 0 atom stereocenters. The lowest BCUT2D eigenvalue weighted by Gasteiger charge is -2.19. The number of amides is 3. The Balaban J connectivity index is 1.39. The summed E-state index contributed by atoms with van der Waals surface area (Å²) in [6.07, 6.45) is -2.97. The van der Waals surface area contributed by atoms with Crippen LogP contribution in [0.2, 0.25) is 0 Å². The average molecular weight is 459 g/mol. The molecule has 11 heteroatoms. The minimum Gasteiger partial charge on any atom is -0.361 e. The van der Waals surface area contributed by atoms with E-state index in [1.807, 2.05) is 0 Å². The highest BCUT2D eigenvalue weighted by molar-refractivity contribution is 5.97. The second-order valence-electron chi connectivity index (χ2n) is 7.56. The van der Waals surface area contributed by atoms with Crippen LogP contribution in [-0.4, -0.2) is 40.1 Å². The molecule has 2 aromatic heterocycles. The molecular formula is C22H20F3N5O3. The maximum atomic E-state index is 12.8. The first-order chi connectivity index (χ1) is 15.7. The van der Waals surface area contributed by atoms with Crippen LogP contribution in [0.4, 0.5) is 23.8 Å². The Kier molecular flexibility index (Phi) is 6.03. The Hall–Kier alpha value is -3.89. The van der Waals surface area contributed by atoms with Crippen molar-refractivity contribution in [2.45, 2.75) is 26.2 Å². The molecule has 1 N–H and O–H groups in total. The van der Waals surface area contributed by atoms with E-state index in [1.54, 1.807) is 13.0 Å². The summed E-state index contributed by atoms with van der Waals surface area (Å²) >= 11 is 0. The lowest BCUT2D eigenvalue weighted by molar-refractivity contribution is -0.137. The van der Waals surface area contributed by atoms with Crippen LogP contribution in [-0.2, 0) is 19.3 Å². The van der Waals surface area contributed by atoms with Gasteiger partial charge >= 0.3 is 12.2 Å². The number of aromatic nitrogens is 2. The zero-order valence-electron chi connectivity index (χ0n) is 17.6. The SMILES string of the molecule is Cc1cc(CNC(=O)c2ccnc(N3CCN(Cc4ccc(C(F)(F)F)cc4)C3=O)c2)no1. The smallest absolute Gasteiger partial charge is 0.361 e. The van der Waals surface area contributed by atoms with Crippen molar-refractivity contribution in [2.75, 3.05) is 18.0 Å². The van der Waals surface area contributed by atoms with Gasteiger partial charge in [0.25, 0.3) is 5.91 Å². The summed E-state index contributed by atoms with van der Waals surface area (Å²) in [6, 6.07) is 9.15. The Morgan fingerprint density at radius 3 is 2.58 bits per heavy atom. The molecule has 1 saturated heterocycles. The molecule has 172 valence electrons. The molecule has 0 saturated carbocycles. The van der Waals surface area contributed by atoms with Gasteiger partial charge in [-0.1, -0.05) is 17.3 Å². The Morgan fingerprint density at radius 1 is 1.15 bits per heavy atom. The van der Waals surface area contributed by atoms with Crippen LogP contribution < -0.4 is 10.2 Å². The van der Waals surface area contributed by atoms with Gasteiger partial charge < -0.3 is 14.7 Å². The molecule has 1 aromatic carbocycles. The molecule has 1 aliphatic rings. The van der Waals surface area contributed by atoms with Crippen molar-refractivity contribution in [2.24, 2.45) is 0 Å². The summed E-state index contributed by atoms with van der Waals surface area (Å²) in [5, 5.41) is 6.55. The largest absolute Gasteiger partial charge is 0.416 e. The number of nitrogens with one attached hydrogen (secondary N) is 1. The molecule has 1 fully saturated rings. The highest BCUT2D eigenvalue weighted by atomic mass is 19.4. The fourth-order valence-electron chi connectivity index (χ4n) is 3.44.